The molecule has 0 amide bonds. The summed E-state index contributed by atoms with van der Waals surface area (Å²) in [6.07, 6.45) is 0. The highest BCUT2D eigenvalue weighted by atomic mass is 35.5. The van der Waals surface area contributed by atoms with Crippen molar-refractivity contribution in [1.82, 2.24) is 9.97 Å². The lowest BCUT2D eigenvalue weighted by Crippen LogP contribution is -2.35. The summed E-state index contributed by atoms with van der Waals surface area (Å²) in [5.74, 6) is -0.0100. The second-order valence-corrected chi connectivity index (χ2v) is 7.58. The maximum absolute atomic E-state index is 12.8. The quantitative estimate of drug-likeness (QED) is 0.505. The van der Waals surface area contributed by atoms with Gasteiger partial charge in [0.05, 0.1) is 23.7 Å². The van der Waals surface area contributed by atoms with Crippen LogP contribution in [0.25, 0.3) is 0 Å². The Labute approximate surface area is 187 Å². The summed E-state index contributed by atoms with van der Waals surface area (Å²) in [5.41, 5.74) is 0.347. The lowest BCUT2D eigenvalue weighted by molar-refractivity contribution is -0.138. The van der Waals surface area contributed by atoms with Crippen LogP contribution in [-0.2, 0) is 9.53 Å². The largest absolute Gasteiger partial charge is 0.463 e. The molecule has 2 heterocycles. The fourth-order valence-electron chi connectivity index (χ4n) is 3.70. The molecule has 1 aromatic heterocycles. The molecule has 0 unspecified atom stereocenters. The predicted molar refractivity (Wildman–Crippen MR) is 120 cm³/mol. The van der Waals surface area contributed by atoms with E-state index in [1.165, 1.54) is 0 Å². The van der Waals surface area contributed by atoms with Crippen molar-refractivity contribution in [2.24, 2.45) is 0 Å². The number of anilines is 1. The Bertz CT molecular complexity index is 1320. The average molecular weight is 454 g/mol. The van der Waals surface area contributed by atoms with E-state index in [1.54, 1.807) is 62.4 Å². The molecule has 0 radical (unpaired) electrons. The molecule has 0 spiro atoms. The number of carbonyl (C=O) groups excluding carboxylic acids is 1. The third-order valence-corrected chi connectivity index (χ3v) is 5.26. The molecular formula is C23H20ClN3O5. The van der Waals surface area contributed by atoms with E-state index in [0.717, 1.165) is 0 Å². The van der Waals surface area contributed by atoms with E-state index in [2.05, 4.69) is 15.3 Å². The Balaban J connectivity index is 1.84. The molecule has 0 saturated heterocycles. The van der Waals surface area contributed by atoms with Crippen molar-refractivity contribution < 1.29 is 14.3 Å². The number of allylic oxidation sites excluding steroid dienone is 1. The number of aromatic nitrogens is 2. The lowest BCUT2D eigenvalue weighted by Gasteiger charge is -2.28. The summed E-state index contributed by atoms with van der Waals surface area (Å²) < 4.78 is 11.2. The smallest absolute Gasteiger partial charge is 0.336 e. The van der Waals surface area contributed by atoms with Crippen LogP contribution in [0.4, 0.5) is 5.82 Å². The van der Waals surface area contributed by atoms with Crippen molar-refractivity contribution in [1.29, 1.82) is 0 Å². The Morgan fingerprint density at radius 2 is 1.81 bits per heavy atom. The Hall–Kier alpha value is -3.78. The molecular weight excluding hydrogens is 434 g/mol. The molecule has 164 valence electrons. The van der Waals surface area contributed by atoms with Crippen LogP contribution in [0.5, 0.6) is 11.5 Å². The van der Waals surface area contributed by atoms with Gasteiger partial charge in [-0.15, -0.1) is 0 Å². The summed E-state index contributed by atoms with van der Waals surface area (Å²) >= 11 is 5.93. The zero-order chi connectivity index (χ0) is 22.8. The number of nitrogens with one attached hydrogen (secondary N) is 3. The van der Waals surface area contributed by atoms with E-state index in [-0.39, 0.29) is 23.6 Å². The van der Waals surface area contributed by atoms with E-state index in [9.17, 15) is 14.4 Å². The third-order valence-electron chi connectivity index (χ3n) is 5.01. The number of hydrogen-bond acceptors (Lipinski definition) is 6. The molecule has 1 aliphatic rings. The maximum Gasteiger partial charge on any atom is 0.336 e. The number of H-pyrrole nitrogens is 2. The zero-order valence-corrected chi connectivity index (χ0v) is 18.1. The number of carbonyl (C=O) groups is 1. The van der Waals surface area contributed by atoms with E-state index >= 15 is 0 Å². The van der Waals surface area contributed by atoms with Crippen LogP contribution < -0.4 is 21.3 Å². The average Bonchev–Trinajstić information content (AvgIpc) is 2.74. The van der Waals surface area contributed by atoms with Crippen LogP contribution in [0.1, 0.15) is 30.9 Å². The molecule has 1 aliphatic heterocycles. The van der Waals surface area contributed by atoms with Gasteiger partial charge >= 0.3 is 11.7 Å². The van der Waals surface area contributed by atoms with Crippen LogP contribution in [0.3, 0.4) is 0 Å². The fraction of sp³-hybridized carbons (Fsp3) is 0.174. The number of hydrogen-bond donors (Lipinski definition) is 3. The van der Waals surface area contributed by atoms with Gasteiger partial charge in [-0.1, -0.05) is 23.7 Å². The van der Waals surface area contributed by atoms with E-state index in [0.29, 0.717) is 27.8 Å². The second kappa shape index (κ2) is 8.76. The summed E-state index contributed by atoms with van der Waals surface area (Å²) in [6, 6.07) is 13.9. The monoisotopic (exact) mass is 453 g/mol. The molecule has 0 fully saturated rings. The first-order valence-electron chi connectivity index (χ1n) is 9.92. The summed E-state index contributed by atoms with van der Waals surface area (Å²) in [4.78, 5) is 42.3. The van der Waals surface area contributed by atoms with Crippen molar-refractivity contribution in [3.8, 4) is 11.5 Å². The number of esters is 1. The minimum absolute atomic E-state index is 0.177. The number of benzene rings is 2. The molecule has 2 aromatic carbocycles. The molecule has 9 heteroatoms. The number of halogens is 1. The third kappa shape index (κ3) is 4.17. The van der Waals surface area contributed by atoms with Crippen molar-refractivity contribution in [2.75, 3.05) is 11.9 Å². The molecule has 0 aliphatic carbocycles. The van der Waals surface area contributed by atoms with Crippen LogP contribution in [0.2, 0.25) is 5.02 Å². The van der Waals surface area contributed by atoms with E-state index in [1.807, 2.05) is 0 Å². The van der Waals surface area contributed by atoms with Crippen LogP contribution in [0, 0.1) is 0 Å². The van der Waals surface area contributed by atoms with Gasteiger partial charge in [0.25, 0.3) is 5.56 Å². The highest BCUT2D eigenvalue weighted by molar-refractivity contribution is 6.30. The van der Waals surface area contributed by atoms with Crippen LogP contribution in [-0.4, -0.2) is 22.5 Å². The van der Waals surface area contributed by atoms with Gasteiger partial charge in [0, 0.05) is 10.7 Å². The summed E-state index contributed by atoms with van der Waals surface area (Å²) in [6.45, 7) is 3.57. The minimum atomic E-state index is -0.778. The fourth-order valence-corrected chi connectivity index (χ4v) is 3.82. The van der Waals surface area contributed by atoms with Gasteiger partial charge in [0.1, 0.15) is 17.3 Å². The van der Waals surface area contributed by atoms with Gasteiger partial charge in [-0.25, -0.2) is 9.59 Å². The highest BCUT2D eigenvalue weighted by Gasteiger charge is 2.36. The molecule has 8 nitrogen and oxygen atoms in total. The Morgan fingerprint density at radius 1 is 1.06 bits per heavy atom. The summed E-state index contributed by atoms with van der Waals surface area (Å²) in [7, 11) is 0. The normalized spacial score (nSPS) is 15.0. The molecule has 0 saturated carbocycles. The first-order valence-corrected chi connectivity index (χ1v) is 10.3. The maximum atomic E-state index is 12.8. The van der Waals surface area contributed by atoms with Gasteiger partial charge in [-0.2, -0.15) is 0 Å². The Kier molecular flexibility index (Phi) is 5.87. The molecule has 32 heavy (non-hydrogen) atoms. The van der Waals surface area contributed by atoms with Gasteiger partial charge in [-0.3, -0.25) is 14.8 Å². The SMILES string of the molecule is CCOC(=O)C1=C(C)Nc2[nH]c(=O)[nH]c(=O)c2[C@H]1c1cccc(Oc2ccc(Cl)cc2)c1. The molecule has 4 rings (SSSR count). The van der Waals surface area contributed by atoms with Crippen molar-refractivity contribution in [3.63, 3.8) is 0 Å². The number of rotatable bonds is 5. The van der Waals surface area contributed by atoms with Crippen molar-refractivity contribution in [2.45, 2.75) is 19.8 Å². The first-order chi connectivity index (χ1) is 15.4. The molecule has 3 N–H and O–H groups in total. The van der Waals surface area contributed by atoms with Crippen molar-refractivity contribution in [3.05, 3.63) is 96.8 Å². The predicted octanol–water partition coefficient (Wildman–Crippen LogP) is 3.90. The number of aromatic amines is 2. The van der Waals surface area contributed by atoms with E-state index in [4.69, 9.17) is 21.1 Å². The van der Waals surface area contributed by atoms with Gasteiger partial charge in [0.2, 0.25) is 0 Å². The van der Waals surface area contributed by atoms with E-state index < -0.39 is 23.1 Å². The van der Waals surface area contributed by atoms with Gasteiger partial charge < -0.3 is 14.8 Å². The standard InChI is InChI=1S/C23H20ClN3O5/c1-3-31-22(29)17-12(2)25-20-19(21(28)27-23(30)26-20)18(17)13-5-4-6-16(11-13)32-15-9-7-14(24)8-10-15/h4-11,18H,3H2,1-2H3,(H3,25,26,27,28,30)/t18-/m0/s1. The van der Waals surface area contributed by atoms with Crippen molar-refractivity contribution >= 4 is 23.4 Å². The Morgan fingerprint density at radius 3 is 2.53 bits per heavy atom. The number of fused-ring (bicyclic) bond motifs is 1. The lowest BCUT2D eigenvalue weighted by atomic mass is 9.82. The summed E-state index contributed by atoms with van der Waals surface area (Å²) in [5, 5.41) is 3.54. The zero-order valence-electron chi connectivity index (χ0n) is 17.3. The highest BCUT2D eigenvalue weighted by Crippen LogP contribution is 2.40. The number of ether oxygens (including phenoxy) is 2. The second-order valence-electron chi connectivity index (χ2n) is 7.14. The topological polar surface area (TPSA) is 113 Å². The molecule has 1 atom stereocenters. The molecule has 0 bridgehead atoms. The minimum Gasteiger partial charge on any atom is -0.463 e. The van der Waals surface area contributed by atoms with Crippen LogP contribution >= 0.6 is 11.6 Å². The van der Waals surface area contributed by atoms with Gasteiger partial charge in [-0.05, 0) is 55.8 Å². The molecule has 3 aromatic rings. The van der Waals surface area contributed by atoms with Gasteiger partial charge in [0.15, 0.2) is 0 Å². The van der Waals surface area contributed by atoms with Crippen LogP contribution in [0.15, 0.2) is 69.4 Å². The first kappa shape index (κ1) is 21.5.